The van der Waals surface area contributed by atoms with Crippen molar-refractivity contribution in [2.45, 2.75) is 52.0 Å². The Balaban J connectivity index is 2.94. The van der Waals surface area contributed by atoms with Crippen molar-refractivity contribution in [1.29, 1.82) is 0 Å². The van der Waals surface area contributed by atoms with Crippen molar-refractivity contribution in [3.05, 3.63) is 29.8 Å². The Morgan fingerprint density at radius 2 is 1.69 bits per heavy atom. The average molecular weight is 384 g/mol. The summed E-state index contributed by atoms with van der Waals surface area (Å²) in [5.74, 6) is -1.51. The monoisotopic (exact) mass is 384 g/mol. The van der Waals surface area contributed by atoms with Crippen molar-refractivity contribution in [2.24, 2.45) is 11.3 Å². The highest BCUT2D eigenvalue weighted by Gasteiger charge is 2.31. The van der Waals surface area contributed by atoms with E-state index in [1.807, 2.05) is 20.8 Å². The Hall–Kier alpha value is -1.93. The number of aliphatic carboxylic acids is 1. The molecule has 7 nitrogen and oxygen atoms in total. The predicted octanol–water partition coefficient (Wildman–Crippen LogP) is 1.92. The number of aryl methyl sites for hydroxylation is 1. The van der Waals surface area contributed by atoms with Crippen molar-refractivity contribution >= 4 is 21.9 Å². The molecule has 0 saturated carbocycles. The Morgan fingerprint density at radius 1 is 1.15 bits per heavy atom. The third kappa shape index (κ3) is 6.42. The fraction of sp³-hybridized carbons (Fsp3) is 0.556. The number of carbonyl (C=O) groups excluding carboxylic acids is 1. The first kappa shape index (κ1) is 22.1. The average Bonchev–Trinajstić information content (AvgIpc) is 2.51. The molecule has 1 amide bonds. The number of amides is 1. The lowest BCUT2D eigenvalue weighted by Gasteiger charge is -2.24. The lowest BCUT2D eigenvalue weighted by Crippen LogP contribution is -2.50. The SMILES string of the molecule is Cc1ccc(S(=O)(=O)NC(CC(C)C)C(=O)NCC(C)(C)C(=O)O)cc1. The third-order valence-electron chi connectivity index (χ3n) is 3.94. The Morgan fingerprint density at radius 3 is 2.15 bits per heavy atom. The van der Waals surface area contributed by atoms with Gasteiger partial charge < -0.3 is 10.4 Å². The quantitative estimate of drug-likeness (QED) is 0.602. The molecule has 0 aliphatic carbocycles. The van der Waals surface area contributed by atoms with Gasteiger partial charge in [-0.2, -0.15) is 4.72 Å². The molecule has 1 aromatic carbocycles. The van der Waals surface area contributed by atoms with E-state index in [1.165, 1.54) is 26.0 Å². The first-order valence-electron chi connectivity index (χ1n) is 8.45. The van der Waals surface area contributed by atoms with Crippen LogP contribution in [0.25, 0.3) is 0 Å². The standard InChI is InChI=1S/C18H28N2O5S/c1-12(2)10-15(16(21)19-11-18(4,5)17(22)23)20-26(24,25)14-8-6-13(3)7-9-14/h6-9,12,15,20H,10-11H2,1-5H3,(H,19,21)(H,22,23). The summed E-state index contributed by atoms with van der Waals surface area (Å²) in [6.45, 7) is 8.49. The molecule has 8 heteroatoms. The molecule has 146 valence electrons. The van der Waals surface area contributed by atoms with Crippen molar-refractivity contribution in [2.75, 3.05) is 6.54 Å². The van der Waals surface area contributed by atoms with E-state index in [9.17, 15) is 18.0 Å². The van der Waals surface area contributed by atoms with Crippen LogP contribution in [0, 0.1) is 18.3 Å². The number of nitrogens with one attached hydrogen (secondary N) is 2. The van der Waals surface area contributed by atoms with E-state index < -0.39 is 33.4 Å². The second-order valence-corrected chi connectivity index (χ2v) is 9.24. The van der Waals surface area contributed by atoms with Crippen LogP contribution < -0.4 is 10.0 Å². The van der Waals surface area contributed by atoms with E-state index in [0.29, 0.717) is 6.42 Å². The minimum atomic E-state index is -3.86. The van der Waals surface area contributed by atoms with Gasteiger partial charge >= 0.3 is 5.97 Å². The van der Waals surface area contributed by atoms with E-state index in [2.05, 4.69) is 10.0 Å². The van der Waals surface area contributed by atoms with Gasteiger partial charge in [0.25, 0.3) is 0 Å². The van der Waals surface area contributed by atoms with Gasteiger partial charge in [-0.15, -0.1) is 0 Å². The highest BCUT2D eigenvalue weighted by Crippen LogP contribution is 2.15. The summed E-state index contributed by atoms with van der Waals surface area (Å²) in [7, 11) is -3.86. The molecule has 1 unspecified atom stereocenters. The number of carbonyl (C=O) groups is 2. The summed E-state index contributed by atoms with van der Waals surface area (Å²) in [6, 6.07) is 5.35. The number of hydrogen-bond donors (Lipinski definition) is 3. The summed E-state index contributed by atoms with van der Waals surface area (Å²) >= 11 is 0. The Bertz CT molecular complexity index is 739. The highest BCUT2D eigenvalue weighted by atomic mass is 32.2. The van der Waals surface area contributed by atoms with Crippen LogP contribution in [0.1, 0.15) is 39.7 Å². The van der Waals surface area contributed by atoms with Gasteiger partial charge in [0.15, 0.2) is 0 Å². The van der Waals surface area contributed by atoms with Gasteiger partial charge in [0.2, 0.25) is 15.9 Å². The normalized spacial score (nSPS) is 13.5. The van der Waals surface area contributed by atoms with Crippen LogP contribution in [0.4, 0.5) is 0 Å². The van der Waals surface area contributed by atoms with Crippen LogP contribution in [0.5, 0.6) is 0 Å². The van der Waals surface area contributed by atoms with Gasteiger partial charge in [0.1, 0.15) is 6.04 Å². The van der Waals surface area contributed by atoms with Gasteiger partial charge in [-0.05, 0) is 45.2 Å². The van der Waals surface area contributed by atoms with Crippen LogP contribution >= 0.6 is 0 Å². The first-order chi connectivity index (χ1) is 11.8. The van der Waals surface area contributed by atoms with Crippen molar-refractivity contribution < 1.29 is 23.1 Å². The van der Waals surface area contributed by atoms with Crippen LogP contribution in [-0.4, -0.2) is 38.0 Å². The fourth-order valence-corrected chi connectivity index (χ4v) is 3.37. The molecule has 0 aliphatic rings. The van der Waals surface area contributed by atoms with Crippen LogP contribution in [0.15, 0.2) is 29.2 Å². The largest absolute Gasteiger partial charge is 0.481 e. The van der Waals surface area contributed by atoms with Crippen LogP contribution in [-0.2, 0) is 19.6 Å². The number of benzene rings is 1. The van der Waals surface area contributed by atoms with Gasteiger partial charge in [-0.25, -0.2) is 8.42 Å². The first-order valence-corrected chi connectivity index (χ1v) is 9.93. The van der Waals surface area contributed by atoms with Gasteiger partial charge in [-0.3, -0.25) is 9.59 Å². The number of sulfonamides is 1. The molecule has 0 spiro atoms. The predicted molar refractivity (Wildman–Crippen MR) is 99.2 cm³/mol. The molecule has 0 saturated heterocycles. The lowest BCUT2D eigenvalue weighted by atomic mass is 9.93. The molecule has 0 aliphatic heterocycles. The van der Waals surface area contributed by atoms with Gasteiger partial charge in [-0.1, -0.05) is 31.5 Å². The zero-order chi connectivity index (χ0) is 20.1. The fourth-order valence-electron chi connectivity index (χ4n) is 2.16. The smallest absolute Gasteiger partial charge is 0.310 e. The molecule has 0 fully saturated rings. The maximum atomic E-state index is 12.6. The highest BCUT2D eigenvalue weighted by molar-refractivity contribution is 7.89. The molecule has 0 aromatic heterocycles. The van der Waals surface area contributed by atoms with Crippen molar-refractivity contribution in [3.8, 4) is 0 Å². The number of carboxylic acids is 1. The molecule has 1 aromatic rings. The van der Waals surface area contributed by atoms with E-state index >= 15 is 0 Å². The lowest BCUT2D eigenvalue weighted by molar-refractivity contribution is -0.146. The molecule has 26 heavy (non-hydrogen) atoms. The van der Waals surface area contributed by atoms with E-state index in [4.69, 9.17) is 5.11 Å². The minimum Gasteiger partial charge on any atom is -0.481 e. The summed E-state index contributed by atoms with van der Waals surface area (Å²) in [6.07, 6.45) is 0.296. The maximum absolute atomic E-state index is 12.6. The summed E-state index contributed by atoms with van der Waals surface area (Å²) < 4.78 is 27.6. The maximum Gasteiger partial charge on any atom is 0.310 e. The zero-order valence-electron chi connectivity index (χ0n) is 15.9. The van der Waals surface area contributed by atoms with Crippen molar-refractivity contribution in [3.63, 3.8) is 0 Å². The Kier molecular flexibility index (Phi) is 7.35. The summed E-state index contributed by atoms with van der Waals surface area (Å²) in [5.41, 5.74) is -0.218. The topological polar surface area (TPSA) is 113 Å². The van der Waals surface area contributed by atoms with Gasteiger partial charge in [0, 0.05) is 6.54 Å². The molecule has 0 bridgehead atoms. The van der Waals surface area contributed by atoms with E-state index in [0.717, 1.165) is 5.56 Å². The second kappa shape index (κ2) is 8.64. The molecule has 3 N–H and O–H groups in total. The van der Waals surface area contributed by atoms with Crippen LogP contribution in [0.3, 0.4) is 0 Å². The Labute approximate surface area is 155 Å². The molecular weight excluding hydrogens is 356 g/mol. The third-order valence-corrected chi connectivity index (χ3v) is 5.42. The molecule has 0 heterocycles. The number of rotatable bonds is 9. The second-order valence-electron chi connectivity index (χ2n) is 7.52. The minimum absolute atomic E-state index is 0.0685. The van der Waals surface area contributed by atoms with Gasteiger partial charge in [0.05, 0.1) is 10.3 Å². The van der Waals surface area contributed by atoms with E-state index in [1.54, 1.807) is 12.1 Å². The zero-order valence-corrected chi connectivity index (χ0v) is 16.7. The number of carboxylic acid groups (broad SMARTS) is 1. The molecule has 0 radical (unpaired) electrons. The molecular formula is C18H28N2O5S. The molecule has 1 atom stereocenters. The summed E-state index contributed by atoms with van der Waals surface area (Å²) in [5, 5.41) is 11.7. The van der Waals surface area contributed by atoms with E-state index in [-0.39, 0.29) is 17.4 Å². The molecule has 1 rings (SSSR count). The summed E-state index contributed by atoms with van der Waals surface area (Å²) in [4.78, 5) is 23.7. The van der Waals surface area contributed by atoms with Crippen molar-refractivity contribution in [1.82, 2.24) is 10.0 Å². The van der Waals surface area contributed by atoms with Crippen LogP contribution in [0.2, 0.25) is 0 Å². The number of hydrogen-bond acceptors (Lipinski definition) is 4.